The van der Waals surface area contributed by atoms with E-state index in [2.05, 4.69) is 191 Å². The zero-order valence-corrected chi connectivity index (χ0v) is 32.7. The lowest BCUT2D eigenvalue weighted by Crippen LogP contribution is -2.30. The average molecular weight is 759 g/mol. The molecule has 0 aliphatic carbocycles. The van der Waals surface area contributed by atoms with Gasteiger partial charge in [0.1, 0.15) is 0 Å². The zero-order valence-electron chi connectivity index (χ0n) is 32.7. The van der Waals surface area contributed by atoms with Crippen molar-refractivity contribution in [3.63, 3.8) is 0 Å². The maximum Gasteiger partial charge on any atom is 0.0991 e. The number of fused-ring (bicyclic) bond motifs is 4. The number of para-hydroxylation sites is 7. The molecule has 0 atom stereocenters. The molecule has 2 aliphatic rings. The first kappa shape index (κ1) is 35.4. The van der Waals surface area contributed by atoms with Crippen molar-refractivity contribution in [1.82, 2.24) is 0 Å². The molecule has 0 bridgehead atoms. The van der Waals surface area contributed by atoms with Gasteiger partial charge in [-0.25, -0.2) is 0 Å². The largest absolute Gasteiger partial charge is 0.310 e. The summed E-state index contributed by atoms with van der Waals surface area (Å²) in [5.41, 5.74) is 15.6. The minimum atomic E-state index is -0.229. The quantitative estimate of drug-likeness (QED) is 0.168. The van der Waals surface area contributed by atoms with Crippen LogP contribution in [0.4, 0.5) is 68.2 Å². The monoisotopic (exact) mass is 758 g/mol. The Morgan fingerprint density at radius 1 is 0.373 bits per heavy atom. The van der Waals surface area contributed by atoms with Crippen LogP contribution < -0.4 is 19.6 Å². The highest BCUT2D eigenvalue weighted by atomic mass is 15.3. The summed E-state index contributed by atoms with van der Waals surface area (Å²) in [5.74, 6) is 0. The van der Waals surface area contributed by atoms with E-state index in [4.69, 9.17) is 0 Å². The number of benzene rings is 8. The van der Waals surface area contributed by atoms with Crippen molar-refractivity contribution in [3.8, 4) is 12.1 Å². The fourth-order valence-corrected chi connectivity index (χ4v) is 8.81. The number of rotatable bonds is 6. The van der Waals surface area contributed by atoms with Gasteiger partial charge in [-0.15, -0.1) is 0 Å². The van der Waals surface area contributed by atoms with Gasteiger partial charge in [-0.3, -0.25) is 0 Å². The summed E-state index contributed by atoms with van der Waals surface area (Å²) >= 11 is 0. The predicted octanol–water partition coefficient (Wildman–Crippen LogP) is 14.3. The first-order valence-electron chi connectivity index (χ1n) is 19.7. The van der Waals surface area contributed by atoms with Crippen LogP contribution >= 0.6 is 0 Å². The smallest absolute Gasteiger partial charge is 0.0991 e. The van der Waals surface area contributed by atoms with Crippen LogP contribution in [0.3, 0.4) is 0 Å². The minimum absolute atomic E-state index is 0.229. The second-order valence-electron chi connectivity index (χ2n) is 15.3. The Hall–Kier alpha value is -8.06. The molecule has 0 spiro atoms. The lowest BCUT2D eigenvalue weighted by atomic mass is 9.73. The summed E-state index contributed by atoms with van der Waals surface area (Å²) in [5, 5.41) is 19.5. The highest BCUT2D eigenvalue weighted by molar-refractivity contribution is 6.03. The number of nitriles is 2. The Morgan fingerprint density at radius 3 is 1.15 bits per heavy atom. The summed E-state index contributed by atoms with van der Waals surface area (Å²) in [6, 6.07) is 71.9. The van der Waals surface area contributed by atoms with Gasteiger partial charge in [0.05, 0.1) is 74.5 Å². The van der Waals surface area contributed by atoms with Gasteiger partial charge in [-0.05, 0) is 126 Å². The van der Waals surface area contributed by atoms with E-state index in [0.717, 1.165) is 68.2 Å². The normalized spacial score (nSPS) is 13.3. The molecule has 59 heavy (non-hydrogen) atoms. The molecule has 0 radical (unpaired) electrons. The molecule has 6 heteroatoms. The molecule has 0 aromatic heterocycles. The van der Waals surface area contributed by atoms with Gasteiger partial charge in [-0.1, -0.05) is 92.7 Å². The molecule has 0 fully saturated rings. The van der Waals surface area contributed by atoms with Crippen LogP contribution in [0.2, 0.25) is 0 Å². The second kappa shape index (κ2) is 14.2. The van der Waals surface area contributed by atoms with Gasteiger partial charge >= 0.3 is 0 Å². The Bertz CT molecular complexity index is 2800. The average Bonchev–Trinajstić information content (AvgIpc) is 3.29. The van der Waals surface area contributed by atoms with Crippen LogP contribution in [0.15, 0.2) is 194 Å². The summed E-state index contributed by atoms with van der Waals surface area (Å²) in [7, 11) is 0. The van der Waals surface area contributed by atoms with Crippen molar-refractivity contribution in [2.24, 2.45) is 0 Å². The Balaban J connectivity index is 1.27. The molecule has 8 aromatic carbocycles. The van der Waals surface area contributed by atoms with Crippen molar-refractivity contribution in [2.45, 2.75) is 19.3 Å². The van der Waals surface area contributed by atoms with E-state index in [-0.39, 0.29) is 5.41 Å². The van der Waals surface area contributed by atoms with E-state index in [1.165, 1.54) is 11.1 Å². The topological polar surface area (TPSA) is 60.5 Å². The fourth-order valence-electron chi connectivity index (χ4n) is 8.81. The summed E-state index contributed by atoms with van der Waals surface area (Å²) in [6.45, 7) is 4.61. The van der Waals surface area contributed by atoms with E-state index in [1.807, 2.05) is 48.5 Å². The molecule has 0 amide bonds. The van der Waals surface area contributed by atoms with E-state index in [9.17, 15) is 10.5 Å². The molecule has 6 nitrogen and oxygen atoms in total. The van der Waals surface area contributed by atoms with E-state index in [0.29, 0.717) is 11.1 Å². The van der Waals surface area contributed by atoms with Crippen molar-refractivity contribution in [1.29, 1.82) is 10.5 Å². The van der Waals surface area contributed by atoms with Crippen molar-refractivity contribution < 1.29 is 0 Å². The summed E-state index contributed by atoms with van der Waals surface area (Å²) in [4.78, 5) is 9.32. The summed E-state index contributed by atoms with van der Waals surface area (Å²) in [6.07, 6.45) is 0. The summed E-state index contributed by atoms with van der Waals surface area (Å²) < 4.78 is 0. The van der Waals surface area contributed by atoms with Gasteiger partial charge in [0.2, 0.25) is 0 Å². The van der Waals surface area contributed by atoms with Crippen molar-refractivity contribution in [2.75, 3.05) is 19.6 Å². The third-order valence-corrected chi connectivity index (χ3v) is 11.5. The Labute approximate surface area is 344 Å². The maximum atomic E-state index is 9.76. The van der Waals surface area contributed by atoms with Crippen molar-refractivity contribution in [3.05, 3.63) is 216 Å². The lowest BCUT2D eigenvalue weighted by Gasteiger charge is -2.43. The highest BCUT2D eigenvalue weighted by Crippen LogP contribution is 2.57. The van der Waals surface area contributed by atoms with Crippen LogP contribution in [0.1, 0.15) is 36.1 Å². The SMILES string of the molecule is CC1(C)c2ccccc2N(c2cc(N(c3ccc(C#N)cc3)c3ccc(C#N)cc3)cc(N3c4ccccc4N(c4ccccc4)c4ccccc43)c2)c2ccccc21. The number of nitrogens with zero attached hydrogens (tertiary/aromatic N) is 6. The molecule has 0 saturated heterocycles. The van der Waals surface area contributed by atoms with Crippen LogP contribution in [0, 0.1) is 22.7 Å². The first-order chi connectivity index (χ1) is 28.9. The molecular formula is C53H38N6. The van der Waals surface area contributed by atoms with Crippen LogP contribution in [0.25, 0.3) is 0 Å². The van der Waals surface area contributed by atoms with Crippen LogP contribution in [0.5, 0.6) is 0 Å². The number of anilines is 12. The predicted molar refractivity (Wildman–Crippen MR) is 240 cm³/mol. The highest BCUT2D eigenvalue weighted by Gasteiger charge is 2.37. The van der Waals surface area contributed by atoms with E-state index < -0.39 is 0 Å². The number of hydrogen-bond donors (Lipinski definition) is 0. The molecule has 2 aliphatic heterocycles. The minimum Gasteiger partial charge on any atom is -0.310 e. The lowest BCUT2D eigenvalue weighted by molar-refractivity contribution is 0.632. The zero-order chi connectivity index (χ0) is 40.1. The standard InChI is InChI=1S/C53H38N6/c1-53(2)45-16-6-8-18-47(45)58(48-19-9-7-17-46(48)53)43-32-42(56(40-28-24-37(35-54)25-29-40)41-30-26-38(36-55)27-31-41)33-44(34-43)59-51-22-12-10-20-49(51)57(39-14-4-3-5-15-39)50-21-11-13-23-52(50)59/h3-34H,1-2H3. The Morgan fingerprint density at radius 2 is 0.729 bits per heavy atom. The third kappa shape index (κ3) is 5.86. The molecule has 0 saturated carbocycles. The van der Waals surface area contributed by atoms with Crippen molar-refractivity contribution >= 4 is 68.2 Å². The van der Waals surface area contributed by atoms with Gasteiger partial charge in [0.25, 0.3) is 0 Å². The van der Waals surface area contributed by atoms with Crippen LogP contribution in [-0.2, 0) is 5.41 Å². The van der Waals surface area contributed by atoms with Gasteiger partial charge < -0.3 is 19.6 Å². The third-order valence-electron chi connectivity index (χ3n) is 11.5. The maximum absolute atomic E-state index is 9.76. The van der Waals surface area contributed by atoms with E-state index in [1.54, 1.807) is 0 Å². The van der Waals surface area contributed by atoms with Gasteiger partial charge in [0.15, 0.2) is 0 Å². The van der Waals surface area contributed by atoms with Gasteiger partial charge in [-0.2, -0.15) is 10.5 Å². The molecular weight excluding hydrogens is 721 g/mol. The first-order valence-corrected chi connectivity index (χ1v) is 19.7. The molecule has 2 heterocycles. The van der Waals surface area contributed by atoms with Crippen LogP contribution in [-0.4, -0.2) is 0 Å². The molecule has 0 N–H and O–H groups in total. The number of hydrogen-bond acceptors (Lipinski definition) is 6. The molecule has 8 aromatic rings. The molecule has 280 valence electrons. The second-order valence-corrected chi connectivity index (χ2v) is 15.3. The molecule has 0 unspecified atom stereocenters. The van der Waals surface area contributed by atoms with Gasteiger partial charge in [0, 0.05) is 22.5 Å². The Kier molecular flexibility index (Phi) is 8.48. The fraction of sp³-hybridized carbons (Fsp3) is 0.0566. The van der Waals surface area contributed by atoms with E-state index >= 15 is 0 Å². The molecule has 10 rings (SSSR count).